The Kier molecular flexibility index (Phi) is 2.75. The Morgan fingerprint density at radius 2 is 2.06 bits per heavy atom. The highest BCUT2D eigenvalue weighted by atomic mass is 16.5. The zero-order valence-corrected chi connectivity index (χ0v) is 9.69. The summed E-state index contributed by atoms with van der Waals surface area (Å²) in [6.45, 7) is 5.88. The topological polar surface area (TPSA) is 64.9 Å². The summed E-state index contributed by atoms with van der Waals surface area (Å²) >= 11 is 0. The molecule has 1 aromatic heterocycles. The number of rotatable bonds is 2. The van der Waals surface area contributed by atoms with Gasteiger partial charge in [-0.3, -0.25) is 0 Å². The molecule has 16 heavy (non-hydrogen) atoms. The van der Waals surface area contributed by atoms with E-state index < -0.39 is 0 Å². The number of hydrogen-bond acceptors (Lipinski definition) is 4. The summed E-state index contributed by atoms with van der Waals surface area (Å²) in [5, 5.41) is 3.94. The first kappa shape index (κ1) is 10.8. The van der Waals surface area contributed by atoms with Gasteiger partial charge in [-0.2, -0.15) is 4.98 Å². The second kappa shape index (κ2) is 4.06. The van der Waals surface area contributed by atoms with Crippen molar-refractivity contribution >= 4 is 0 Å². The highest BCUT2D eigenvalue weighted by Crippen LogP contribution is 2.22. The Balaban J connectivity index is 2.46. The predicted octanol–water partition coefficient (Wildman–Crippen LogP) is 2.37. The van der Waals surface area contributed by atoms with E-state index in [-0.39, 0.29) is 6.04 Å². The molecule has 1 heterocycles. The maximum atomic E-state index is 5.68. The van der Waals surface area contributed by atoms with Crippen molar-refractivity contribution < 1.29 is 4.52 Å². The molecule has 4 heteroatoms. The lowest BCUT2D eigenvalue weighted by Crippen LogP contribution is -2.04. The molecule has 1 atom stereocenters. The minimum Gasteiger partial charge on any atom is -0.337 e. The van der Waals surface area contributed by atoms with E-state index in [1.54, 1.807) is 0 Å². The molecule has 2 N–H and O–H groups in total. The van der Waals surface area contributed by atoms with E-state index in [1.165, 1.54) is 5.56 Å². The lowest BCUT2D eigenvalue weighted by Gasteiger charge is -2.01. The highest BCUT2D eigenvalue weighted by molar-refractivity contribution is 5.60. The molecule has 0 saturated carbocycles. The summed E-state index contributed by atoms with van der Waals surface area (Å²) in [4.78, 5) is 4.28. The molecular formula is C12H15N3O. The number of nitrogens with zero attached hydrogens (tertiary/aromatic N) is 2. The Hall–Kier alpha value is -1.68. The fraction of sp³-hybridized carbons (Fsp3) is 0.333. The van der Waals surface area contributed by atoms with Crippen molar-refractivity contribution in [3.63, 3.8) is 0 Å². The number of aryl methyl sites for hydroxylation is 2. The van der Waals surface area contributed by atoms with E-state index >= 15 is 0 Å². The molecule has 0 aliphatic carbocycles. The summed E-state index contributed by atoms with van der Waals surface area (Å²) in [7, 11) is 0. The van der Waals surface area contributed by atoms with Crippen LogP contribution in [0.5, 0.6) is 0 Å². The first-order valence-electron chi connectivity index (χ1n) is 5.24. The van der Waals surface area contributed by atoms with Crippen LogP contribution in [0.3, 0.4) is 0 Å². The van der Waals surface area contributed by atoms with Gasteiger partial charge in [0.1, 0.15) is 0 Å². The summed E-state index contributed by atoms with van der Waals surface area (Å²) in [5.41, 5.74) is 8.97. The second-order valence-corrected chi connectivity index (χ2v) is 4.06. The van der Waals surface area contributed by atoms with Gasteiger partial charge < -0.3 is 10.3 Å². The van der Waals surface area contributed by atoms with Crippen LogP contribution in [0.15, 0.2) is 22.7 Å². The molecule has 0 bridgehead atoms. The quantitative estimate of drug-likeness (QED) is 0.838. The van der Waals surface area contributed by atoms with Crippen LogP contribution in [0.4, 0.5) is 0 Å². The average molecular weight is 217 g/mol. The smallest absolute Gasteiger partial charge is 0.243 e. The molecule has 2 rings (SSSR count). The lowest BCUT2D eigenvalue weighted by molar-refractivity contribution is 0.362. The minimum atomic E-state index is -0.230. The molecule has 0 aliphatic rings. The van der Waals surface area contributed by atoms with Crippen LogP contribution in [0.1, 0.15) is 30.0 Å². The SMILES string of the molecule is Cc1ccc(C)c(-c2noc([C@@H](C)N)n2)c1. The van der Waals surface area contributed by atoms with Gasteiger partial charge >= 0.3 is 0 Å². The van der Waals surface area contributed by atoms with Gasteiger partial charge in [-0.1, -0.05) is 22.9 Å². The summed E-state index contributed by atoms with van der Waals surface area (Å²) in [6.07, 6.45) is 0. The molecule has 0 fully saturated rings. The van der Waals surface area contributed by atoms with Gasteiger partial charge in [-0.05, 0) is 32.4 Å². The van der Waals surface area contributed by atoms with Crippen molar-refractivity contribution in [2.45, 2.75) is 26.8 Å². The van der Waals surface area contributed by atoms with Crippen LogP contribution < -0.4 is 5.73 Å². The Morgan fingerprint density at radius 3 is 2.69 bits per heavy atom. The maximum Gasteiger partial charge on any atom is 0.243 e. The second-order valence-electron chi connectivity index (χ2n) is 4.06. The monoisotopic (exact) mass is 217 g/mol. The fourth-order valence-corrected chi connectivity index (χ4v) is 1.51. The first-order chi connectivity index (χ1) is 7.58. The molecule has 0 spiro atoms. The Morgan fingerprint density at radius 1 is 1.31 bits per heavy atom. The van der Waals surface area contributed by atoms with Crippen LogP contribution in [-0.2, 0) is 0 Å². The van der Waals surface area contributed by atoms with Crippen LogP contribution in [0, 0.1) is 13.8 Å². The van der Waals surface area contributed by atoms with E-state index in [4.69, 9.17) is 10.3 Å². The van der Waals surface area contributed by atoms with E-state index in [0.29, 0.717) is 11.7 Å². The summed E-state index contributed by atoms with van der Waals surface area (Å²) in [5.74, 6) is 1.07. The third-order valence-corrected chi connectivity index (χ3v) is 2.47. The highest BCUT2D eigenvalue weighted by Gasteiger charge is 2.13. The molecule has 0 amide bonds. The van der Waals surface area contributed by atoms with Gasteiger partial charge in [0.05, 0.1) is 6.04 Å². The third-order valence-electron chi connectivity index (χ3n) is 2.47. The molecule has 0 unspecified atom stereocenters. The zero-order valence-electron chi connectivity index (χ0n) is 9.69. The average Bonchev–Trinajstić information content (AvgIpc) is 2.70. The number of hydrogen-bond donors (Lipinski definition) is 1. The van der Waals surface area contributed by atoms with E-state index in [2.05, 4.69) is 16.2 Å². The largest absolute Gasteiger partial charge is 0.337 e. The normalized spacial score (nSPS) is 12.8. The van der Waals surface area contributed by atoms with Crippen molar-refractivity contribution in [2.75, 3.05) is 0 Å². The van der Waals surface area contributed by atoms with Crippen LogP contribution in [-0.4, -0.2) is 10.1 Å². The Labute approximate surface area is 94.5 Å². The van der Waals surface area contributed by atoms with Gasteiger partial charge in [0, 0.05) is 5.56 Å². The van der Waals surface area contributed by atoms with E-state index in [0.717, 1.165) is 11.1 Å². The van der Waals surface area contributed by atoms with Crippen LogP contribution in [0.25, 0.3) is 11.4 Å². The van der Waals surface area contributed by atoms with Gasteiger partial charge in [0.25, 0.3) is 0 Å². The number of aromatic nitrogens is 2. The van der Waals surface area contributed by atoms with Crippen molar-refractivity contribution in [2.24, 2.45) is 5.73 Å². The molecule has 0 aliphatic heterocycles. The fourth-order valence-electron chi connectivity index (χ4n) is 1.51. The molecule has 0 saturated heterocycles. The molecular weight excluding hydrogens is 202 g/mol. The van der Waals surface area contributed by atoms with Crippen LogP contribution >= 0.6 is 0 Å². The number of benzene rings is 1. The Bertz CT molecular complexity index is 503. The predicted molar refractivity (Wildman–Crippen MR) is 61.8 cm³/mol. The maximum absolute atomic E-state index is 5.68. The van der Waals surface area contributed by atoms with Gasteiger partial charge in [-0.15, -0.1) is 0 Å². The van der Waals surface area contributed by atoms with Gasteiger partial charge in [-0.25, -0.2) is 0 Å². The lowest BCUT2D eigenvalue weighted by atomic mass is 10.1. The molecule has 1 aromatic carbocycles. The van der Waals surface area contributed by atoms with Gasteiger partial charge in [0.15, 0.2) is 0 Å². The standard InChI is InChI=1S/C12H15N3O/c1-7-4-5-8(2)10(6-7)11-14-12(9(3)13)16-15-11/h4-6,9H,13H2,1-3H3/t9-/m1/s1. The van der Waals surface area contributed by atoms with Crippen molar-refractivity contribution in [1.29, 1.82) is 0 Å². The van der Waals surface area contributed by atoms with E-state index in [9.17, 15) is 0 Å². The zero-order chi connectivity index (χ0) is 11.7. The molecule has 4 nitrogen and oxygen atoms in total. The van der Waals surface area contributed by atoms with Crippen LogP contribution in [0.2, 0.25) is 0 Å². The van der Waals surface area contributed by atoms with Crippen molar-refractivity contribution in [1.82, 2.24) is 10.1 Å². The summed E-state index contributed by atoms with van der Waals surface area (Å²) in [6, 6.07) is 5.93. The summed E-state index contributed by atoms with van der Waals surface area (Å²) < 4.78 is 5.09. The van der Waals surface area contributed by atoms with Crippen molar-refractivity contribution in [3.8, 4) is 11.4 Å². The minimum absolute atomic E-state index is 0.230. The molecule has 84 valence electrons. The molecule has 0 radical (unpaired) electrons. The molecule has 2 aromatic rings. The van der Waals surface area contributed by atoms with Crippen molar-refractivity contribution in [3.05, 3.63) is 35.2 Å². The first-order valence-corrected chi connectivity index (χ1v) is 5.24. The van der Waals surface area contributed by atoms with Gasteiger partial charge in [0.2, 0.25) is 11.7 Å². The van der Waals surface area contributed by atoms with E-state index in [1.807, 2.05) is 32.9 Å². The number of nitrogens with two attached hydrogens (primary N) is 1. The third kappa shape index (κ3) is 1.97.